The topological polar surface area (TPSA) is 90.7 Å². The van der Waals surface area contributed by atoms with E-state index in [0.717, 1.165) is 6.07 Å². The molecule has 0 spiro atoms. The van der Waals surface area contributed by atoms with E-state index in [1.807, 2.05) is 18.2 Å². The molecule has 0 aromatic heterocycles. The van der Waals surface area contributed by atoms with Crippen LogP contribution in [0.25, 0.3) is 0 Å². The molecule has 1 amide bonds. The second-order valence-corrected chi connectivity index (χ2v) is 4.75. The maximum atomic E-state index is 11.6. The van der Waals surface area contributed by atoms with Gasteiger partial charge in [0.2, 0.25) is 0 Å². The van der Waals surface area contributed by atoms with Gasteiger partial charge in [0.05, 0.1) is 10.6 Å². The lowest BCUT2D eigenvalue weighted by Gasteiger charge is -2.08. The van der Waals surface area contributed by atoms with Gasteiger partial charge in [-0.25, -0.2) is 4.79 Å². The molecule has 0 atom stereocenters. The van der Waals surface area contributed by atoms with E-state index in [-0.39, 0.29) is 29.6 Å². The van der Waals surface area contributed by atoms with Crippen molar-refractivity contribution in [3.05, 3.63) is 63.7 Å². The zero-order valence-electron chi connectivity index (χ0n) is 11.9. The predicted molar refractivity (Wildman–Crippen MR) is 85.0 cm³/mol. The summed E-state index contributed by atoms with van der Waals surface area (Å²) in [6, 6.07) is 13.0. The number of nitro groups is 1. The molecule has 0 saturated heterocycles. The highest BCUT2D eigenvalue weighted by molar-refractivity contribution is 6.32. The number of amides is 1. The van der Waals surface area contributed by atoms with Gasteiger partial charge in [-0.05, 0) is 24.3 Å². The van der Waals surface area contributed by atoms with Crippen molar-refractivity contribution >= 4 is 29.1 Å². The number of hydrogen-bond acceptors (Lipinski definition) is 5. The standard InChI is InChI=1S/C15H13ClN2O5/c16-13-7-6-11(10-14(13)18(20)21)17-15(19)23-9-8-22-12-4-2-1-3-5-12/h1-7,10H,8-9H2,(H,17,19). The Morgan fingerprint density at radius 3 is 2.61 bits per heavy atom. The van der Waals surface area contributed by atoms with Gasteiger partial charge in [-0.2, -0.15) is 0 Å². The Balaban J connectivity index is 1.79. The number of benzene rings is 2. The smallest absolute Gasteiger partial charge is 0.411 e. The first-order valence-corrected chi connectivity index (χ1v) is 6.99. The fraction of sp³-hybridized carbons (Fsp3) is 0.133. The van der Waals surface area contributed by atoms with Gasteiger partial charge < -0.3 is 9.47 Å². The third-order valence-corrected chi connectivity index (χ3v) is 3.04. The Morgan fingerprint density at radius 2 is 1.91 bits per heavy atom. The highest BCUT2D eigenvalue weighted by Gasteiger charge is 2.14. The van der Waals surface area contributed by atoms with Crippen LogP contribution in [-0.2, 0) is 4.74 Å². The first kappa shape index (κ1) is 16.6. The molecule has 0 unspecified atom stereocenters. The molecule has 0 aliphatic rings. The Morgan fingerprint density at radius 1 is 1.17 bits per heavy atom. The molecule has 0 radical (unpaired) electrons. The normalized spacial score (nSPS) is 9.96. The lowest BCUT2D eigenvalue weighted by Crippen LogP contribution is -2.17. The van der Waals surface area contributed by atoms with E-state index >= 15 is 0 Å². The van der Waals surface area contributed by atoms with Crippen LogP contribution in [0.5, 0.6) is 5.75 Å². The lowest BCUT2D eigenvalue weighted by molar-refractivity contribution is -0.384. The van der Waals surface area contributed by atoms with Gasteiger partial charge in [-0.3, -0.25) is 15.4 Å². The molecule has 2 rings (SSSR count). The summed E-state index contributed by atoms with van der Waals surface area (Å²) in [7, 11) is 0. The van der Waals surface area contributed by atoms with Crippen LogP contribution < -0.4 is 10.1 Å². The van der Waals surface area contributed by atoms with Crippen LogP contribution in [0.4, 0.5) is 16.2 Å². The van der Waals surface area contributed by atoms with E-state index in [4.69, 9.17) is 21.1 Å². The molecule has 0 aliphatic heterocycles. The van der Waals surface area contributed by atoms with E-state index in [1.165, 1.54) is 12.1 Å². The third-order valence-electron chi connectivity index (χ3n) is 2.72. The summed E-state index contributed by atoms with van der Waals surface area (Å²) in [5, 5.41) is 13.1. The third kappa shape index (κ3) is 5.15. The molecule has 0 fully saturated rings. The molecular weight excluding hydrogens is 324 g/mol. The fourth-order valence-corrected chi connectivity index (χ4v) is 1.88. The number of nitrogens with one attached hydrogen (secondary N) is 1. The highest BCUT2D eigenvalue weighted by Crippen LogP contribution is 2.27. The molecule has 0 aliphatic carbocycles. The van der Waals surface area contributed by atoms with E-state index in [9.17, 15) is 14.9 Å². The van der Waals surface area contributed by atoms with E-state index < -0.39 is 11.0 Å². The van der Waals surface area contributed by atoms with Crippen molar-refractivity contribution < 1.29 is 19.2 Å². The van der Waals surface area contributed by atoms with Crippen molar-refractivity contribution in [3.63, 3.8) is 0 Å². The summed E-state index contributed by atoms with van der Waals surface area (Å²) in [6.45, 7) is 0.231. The number of halogens is 1. The number of carbonyl (C=O) groups excluding carboxylic acids is 1. The Kier molecular flexibility index (Phi) is 5.76. The summed E-state index contributed by atoms with van der Waals surface area (Å²) >= 11 is 5.69. The van der Waals surface area contributed by atoms with Crippen LogP contribution in [0.15, 0.2) is 48.5 Å². The maximum Gasteiger partial charge on any atom is 0.411 e. The molecule has 2 aromatic rings. The summed E-state index contributed by atoms with van der Waals surface area (Å²) in [4.78, 5) is 21.7. The molecular formula is C15H13ClN2O5. The number of anilines is 1. The molecule has 23 heavy (non-hydrogen) atoms. The molecule has 120 valence electrons. The Labute approximate surface area is 136 Å². The molecule has 7 nitrogen and oxygen atoms in total. The van der Waals surface area contributed by atoms with Crippen LogP contribution >= 0.6 is 11.6 Å². The molecule has 1 N–H and O–H groups in total. The van der Waals surface area contributed by atoms with Crippen molar-refractivity contribution in [2.45, 2.75) is 0 Å². The largest absolute Gasteiger partial charge is 0.490 e. The van der Waals surface area contributed by atoms with Crippen LogP contribution in [-0.4, -0.2) is 24.2 Å². The van der Waals surface area contributed by atoms with Gasteiger partial charge in [-0.15, -0.1) is 0 Å². The van der Waals surface area contributed by atoms with Gasteiger partial charge in [0, 0.05) is 6.07 Å². The van der Waals surface area contributed by atoms with Gasteiger partial charge in [-0.1, -0.05) is 29.8 Å². The summed E-state index contributed by atoms with van der Waals surface area (Å²) in [6.07, 6.45) is -0.738. The van der Waals surface area contributed by atoms with Crippen LogP contribution in [0.1, 0.15) is 0 Å². The first-order valence-electron chi connectivity index (χ1n) is 6.62. The number of nitro benzene ring substituents is 1. The number of ether oxygens (including phenoxy) is 2. The highest BCUT2D eigenvalue weighted by atomic mass is 35.5. The van der Waals surface area contributed by atoms with Crippen molar-refractivity contribution in [1.29, 1.82) is 0 Å². The SMILES string of the molecule is O=C(Nc1ccc(Cl)c([N+](=O)[O-])c1)OCCOc1ccccc1. The summed E-state index contributed by atoms with van der Waals surface area (Å²) in [5.74, 6) is 0.671. The minimum absolute atomic E-state index is 0.00909. The van der Waals surface area contributed by atoms with Crippen LogP contribution in [0, 0.1) is 10.1 Å². The van der Waals surface area contributed by atoms with Gasteiger partial charge in [0.15, 0.2) is 0 Å². The summed E-state index contributed by atoms with van der Waals surface area (Å²) in [5.41, 5.74) is -0.0769. The fourth-order valence-electron chi connectivity index (χ4n) is 1.69. The number of carbonyl (C=O) groups is 1. The van der Waals surface area contributed by atoms with E-state index in [0.29, 0.717) is 5.75 Å². The van der Waals surface area contributed by atoms with E-state index in [2.05, 4.69) is 5.32 Å². The van der Waals surface area contributed by atoms with Crippen LogP contribution in [0.2, 0.25) is 5.02 Å². The second-order valence-electron chi connectivity index (χ2n) is 4.35. The molecule has 0 heterocycles. The number of rotatable bonds is 6. The van der Waals surface area contributed by atoms with Crippen molar-refractivity contribution in [1.82, 2.24) is 0 Å². The number of hydrogen-bond donors (Lipinski definition) is 1. The van der Waals surface area contributed by atoms with Crippen LogP contribution in [0.3, 0.4) is 0 Å². The molecule has 2 aromatic carbocycles. The average Bonchev–Trinajstić information content (AvgIpc) is 2.54. The zero-order valence-corrected chi connectivity index (χ0v) is 12.7. The Hall–Kier alpha value is -2.80. The van der Waals surface area contributed by atoms with Gasteiger partial charge >= 0.3 is 6.09 Å². The predicted octanol–water partition coefficient (Wildman–Crippen LogP) is 3.88. The van der Waals surface area contributed by atoms with Gasteiger partial charge in [0.25, 0.3) is 5.69 Å². The second kappa shape index (κ2) is 8.00. The lowest BCUT2D eigenvalue weighted by atomic mass is 10.3. The quantitative estimate of drug-likeness (QED) is 0.491. The monoisotopic (exact) mass is 336 g/mol. The molecule has 0 bridgehead atoms. The first-order chi connectivity index (χ1) is 11.1. The molecule has 0 saturated carbocycles. The molecule has 8 heteroatoms. The van der Waals surface area contributed by atoms with Crippen molar-refractivity contribution in [2.24, 2.45) is 0 Å². The Bertz CT molecular complexity index is 694. The van der Waals surface area contributed by atoms with Crippen molar-refractivity contribution in [2.75, 3.05) is 18.5 Å². The van der Waals surface area contributed by atoms with Crippen molar-refractivity contribution in [3.8, 4) is 5.75 Å². The summed E-state index contributed by atoms with van der Waals surface area (Å²) < 4.78 is 10.3. The average molecular weight is 337 g/mol. The van der Waals surface area contributed by atoms with Gasteiger partial charge in [0.1, 0.15) is 24.0 Å². The minimum Gasteiger partial charge on any atom is -0.490 e. The zero-order chi connectivity index (χ0) is 16.7. The number of nitrogens with zero attached hydrogens (tertiary/aromatic N) is 1. The number of para-hydroxylation sites is 1. The minimum atomic E-state index is -0.738. The maximum absolute atomic E-state index is 11.6. The van der Waals surface area contributed by atoms with E-state index in [1.54, 1.807) is 12.1 Å².